The van der Waals surface area contributed by atoms with Crippen LogP contribution in [0.5, 0.6) is 0 Å². The Morgan fingerprint density at radius 1 is 0.456 bits per heavy atom. The largest absolute Gasteiger partial charge is 0.468 e. The Labute approximate surface area is 474 Å². The number of hydrogen-bond donors (Lipinski definition) is 0. The van der Waals surface area contributed by atoms with E-state index in [0.717, 1.165) is 71.1 Å². The molecule has 3 heterocycles. The third-order valence-corrected chi connectivity index (χ3v) is 19.5. The van der Waals surface area contributed by atoms with Crippen LogP contribution in [-0.4, -0.2) is 6.71 Å². The summed E-state index contributed by atoms with van der Waals surface area (Å²) in [4.78, 5) is 7.76. The predicted octanol–water partition coefficient (Wildman–Crippen LogP) is 19.5. The highest BCUT2D eigenvalue weighted by atomic mass is 16.3. The molecule has 4 nitrogen and oxygen atoms in total. The molecule has 1 aromatic heterocycles. The number of fused-ring (bicyclic) bond motifs is 8. The van der Waals surface area contributed by atoms with E-state index in [9.17, 15) is 0 Å². The number of nitrogens with zero attached hydrogens (tertiary/aromatic N) is 3. The van der Waals surface area contributed by atoms with Crippen molar-refractivity contribution < 1.29 is 4.42 Å². The van der Waals surface area contributed by atoms with Crippen LogP contribution in [0, 0.1) is 0 Å². The molecular formula is C74H86BN3O. The molecule has 0 amide bonds. The summed E-state index contributed by atoms with van der Waals surface area (Å²) in [5, 5.41) is 1.18. The molecule has 0 spiro atoms. The molecule has 0 unspecified atom stereocenters. The summed E-state index contributed by atoms with van der Waals surface area (Å²) in [6.45, 7) is 42.6. The maximum atomic E-state index is 7.79. The first-order chi connectivity index (χ1) is 37.0. The molecule has 4 aliphatic rings. The molecule has 0 radical (unpaired) electrons. The summed E-state index contributed by atoms with van der Waals surface area (Å²) in [6.07, 6.45) is 4.54. The van der Waals surface area contributed by atoms with Crippen LogP contribution in [0.3, 0.4) is 0 Å². The van der Waals surface area contributed by atoms with Gasteiger partial charge in [-0.25, -0.2) is 0 Å². The zero-order valence-corrected chi connectivity index (χ0v) is 51.0. The second-order valence-corrected chi connectivity index (χ2v) is 29.6. The number of anilines is 9. The van der Waals surface area contributed by atoms with Gasteiger partial charge in [0.2, 0.25) is 0 Å². The van der Waals surface area contributed by atoms with Crippen molar-refractivity contribution in [1.82, 2.24) is 0 Å². The van der Waals surface area contributed by atoms with Gasteiger partial charge in [-0.2, -0.15) is 0 Å². The number of furan rings is 1. The maximum Gasteiger partial charge on any atom is 0.297 e. The molecule has 406 valence electrons. The minimum atomic E-state index is -0.195. The van der Waals surface area contributed by atoms with Gasteiger partial charge in [0.1, 0.15) is 5.58 Å². The first-order valence-electron chi connectivity index (χ1n) is 29.8. The van der Waals surface area contributed by atoms with E-state index < -0.39 is 0 Å². The fourth-order valence-corrected chi connectivity index (χ4v) is 13.9. The third kappa shape index (κ3) is 8.69. The molecule has 79 heavy (non-hydrogen) atoms. The van der Waals surface area contributed by atoms with Crippen LogP contribution in [0.2, 0.25) is 0 Å². The molecule has 5 heteroatoms. The molecule has 0 atom stereocenters. The molecular weight excluding hydrogens is 958 g/mol. The van der Waals surface area contributed by atoms with E-state index in [1.165, 1.54) is 77.9 Å². The molecule has 0 fully saturated rings. The van der Waals surface area contributed by atoms with E-state index in [-0.39, 0.29) is 39.2 Å². The van der Waals surface area contributed by atoms with E-state index in [2.05, 4.69) is 273 Å². The van der Waals surface area contributed by atoms with E-state index in [0.29, 0.717) is 11.8 Å². The minimum absolute atomic E-state index is 0.00168. The summed E-state index contributed by atoms with van der Waals surface area (Å²) >= 11 is 0. The first kappa shape index (κ1) is 53.2. The van der Waals surface area contributed by atoms with Crippen molar-refractivity contribution in [1.29, 1.82) is 0 Å². The summed E-state index contributed by atoms with van der Waals surface area (Å²) < 4.78 is 7.79. The molecule has 8 aromatic rings. The van der Waals surface area contributed by atoms with Gasteiger partial charge in [0, 0.05) is 45.2 Å². The second kappa shape index (κ2) is 18.0. The summed E-state index contributed by atoms with van der Waals surface area (Å²) in [7, 11) is 0. The maximum absolute atomic E-state index is 7.79. The molecule has 0 saturated carbocycles. The van der Waals surface area contributed by atoms with Crippen molar-refractivity contribution in [2.75, 3.05) is 14.7 Å². The Kier molecular flexibility index (Phi) is 12.1. The first-order valence-corrected chi connectivity index (χ1v) is 29.8. The van der Waals surface area contributed by atoms with Crippen molar-refractivity contribution in [2.24, 2.45) is 0 Å². The fourth-order valence-electron chi connectivity index (χ4n) is 13.9. The van der Waals surface area contributed by atoms with Crippen molar-refractivity contribution in [3.05, 3.63) is 178 Å². The van der Waals surface area contributed by atoms with Crippen molar-refractivity contribution in [3.8, 4) is 0 Å². The summed E-state index contributed by atoms with van der Waals surface area (Å²) in [5.41, 5.74) is 26.0. The average Bonchev–Trinajstić information content (AvgIpc) is 3.07. The van der Waals surface area contributed by atoms with Crippen molar-refractivity contribution in [3.63, 3.8) is 0 Å². The fraction of sp³-hybridized carbons (Fsp3) is 0.405. The van der Waals surface area contributed by atoms with Crippen LogP contribution < -0.4 is 31.3 Å². The minimum Gasteiger partial charge on any atom is -0.468 e. The summed E-state index contributed by atoms with van der Waals surface area (Å²) in [6, 6.07) is 53.0. The van der Waals surface area contributed by atoms with Gasteiger partial charge in [-0.05, 0) is 204 Å². The second-order valence-electron chi connectivity index (χ2n) is 29.6. The molecule has 0 saturated heterocycles. The van der Waals surface area contributed by atoms with Crippen molar-refractivity contribution >= 4 is 85.5 Å². The lowest BCUT2D eigenvalue weighted by molar-refractivity contribution is 0.332. The van der Waals surface area contributed by atoms with Gasteiger partial charge in [0.15, 0.2) is 0 Å². The van der Waals surface area contributed by atoms with Crippen LogP contribution in [0.4, 0.5) is 51.2 Å². The monoisotopic (exact) mass is 1040 g/mol. The molecule has 2 aliphatic carbocycles. The molecule has 2 aliphatic heterocycles. The number of benzene rings is 7. The topological polar surface area (TPSA) is 22.9 Å². The zero-order valence-electron chi connectivity index (χ0n) is 51.0. The molecule has 0 N–H and O–H groups in total. The van der Waals surface area contributed by atoms with Gasteiger partial charge >= 0.3 is 0 Å². The van der Waals surface area contributed by atoms with Gasteiger partial charge in [0.05, 0.1) is 17.0 Å². The summed E-state index contributed by atoms with van der Waals surface area (Å²) in [5.74, 6) is 0.828. The predicted molar refractivity (Wildman–Crippen MR) is 341 cm³/mol. The SMILES string of the molecule is CC(C)c1ccc(N(c2ccc(C(C)C)cc2)c2cc3c4c(c2)N(c2ccc(C(C)(C)C)cc2)c2c(oc5cc6c(cc25)C(C)(C)CCC6(C)C)B4c2cc4c(cc2N3c2ccc(C(C)(C)C)cc2)C(C)(C)CCC4(C)C)cc1. The van der Waals surface area contributed by atoms with Crippen LogP contribution in [0.25, 0.3) is 11.0 Å². The van der Waals surface area contributed by atoms with Crippen LogP contribution in [0.1, 0.15) is 207 Å². The highest BCUT2D eigenvalue weighted by Crippen LogP contribution is 2.55. The zero-order chi connectivity index (χ0) is 56.3. The van der Waals surface area contributed by atoms with E-state index >= 15 is 0 Å². The standard InChI is InChI=1S/C74H86BN3O/c1-45(2)47-19-27-51(28-20-47)76(52-29-21-48(22-30-52)46(3)4)55-39-63-66-64(40-55)78(54-33-25-50(26-34-54)70(8,9)10)67-56-41-57-60(74(17,18)38-35-71(57,11)12)44-65(56)79-68(67)75(66)61-42-58-59(73(15,16)37-36-72(58,13)14)43-62(61)77(63)53-31-23-49(24-32-53)69(5,6)7/h19-34,39-46H,35-38H2,1-18H3. The van der Waals surface area contributed by atoms with Gasteiger partial charge in [0.25, 0.3) is 6.71 Å². The lowest BCUT2D eigenvalue weighted by atomic mass is 9.35. The van der Waals surface area contributed by atoms with E-state index in [1.54, 1.807) is 0 Å². The normalized spacial score (nSPS) is 17.6. The smallest absolute Gasteiger partial charge is 0.297 e. The Morgan fingerprint density at radius 3 is 1.30 bits per heavy atom. The van der Waals surface area contributed by atoms with Crippen LogP contribution in [-0.2, 0) is 32.5 Å². The quantitative estimate of drug-likeness (QED) is 0.148. The number of hydrogen-bond acceptors (Lipinski definition) is 4. The molecule has 0 bridgehead atoms. The lowest BCUT2D eigenvalue weighted by Gasteiger charge is -2.47. The Morgan fingerprint density at radius 2 is 0.861 bits per heavy atom. The van der Waals surface area contributed by atoms with Crippen LogP contribution >= 0.6 is 0 Å². The molecule has 7 aromatic carbocycles. The average molecular weight is 1040 g/mol. The van der Waals surface area contributed by atoms with Gasteiger partial charge in [-0.3, -0.25) is 0 Å². The lowest BCUT2D eigenvalue weighted by Crippen LogP contribution is -2.61. The van der Waals surface area contributed by atoms with Crippen molar-refractivity contribution in [2.45, 2.75) is 195 Å². The number of rotatable bonds is 7. The highest BCUT2D eigenvalue weighted by molar-refractivity contribution is 7.00. The third-order valence-electron chi connectivity index (χ3n) is 19.5. The van der Waals surface area contributed by atoms with Gasteiger partial charge in [-0.1, -0.05) is 179 Å². The van der Waals surface area contributed by atoms with E-state index in [4.69, 9.17) is 4.42 Å². The van der Waals surface area contributed by atoms with Gasteiger partial charge in [-0.15, -0.1) is 0 Å². The van der Waals surface area contributed by atoms with Gasteiger partial charge < -0.3 is 19.1 Å². The highest BCUT2D eigenvalue weighted by Gasteiger charge is 2.50. The Bertz CT molecular complexity index is 3630. The Balaban J connectivity index is 1.25. The molecule has 12 rings (SSSR count). The van der Waals surface area contributed by atoms with E-state index in [1.807, 2.05) is 0 Å². The Hall–Kier alpha value is -6.46. The van der Waals surface area contributed by atoms with Crippen LogP contribution in [0.15, 0.2) is 138 Å².